The van der Waals surface area contributed by atoms with Crippen molar-refractivity contribution in [3.63, 3.8) is 0 Å². The lowest BCUT2D eigenvalue weighted by Crippen LogP contribution is -2.31. The Morgan fingerprint density at radius 3 is 2.94 bits per heavy atom. The van der Waals surface area contributed by atoms with Gasteiger partial charge in [-0.15, -0.1) is 0 Å². The number of aliphatic hydroxyl groups excluding tert-OH is 1. The molecule has 3 rings (SSSR count). The lowest BCUT2D eigenvalue weighted by Gasteiger charge is -2.29. The van der Waals surface area contributed by atoms with E-state index in [2.05, 4.69) is 0 Å². The zero-order valence-corrected chi connectivity index (χ0v) is 10.8. The van der Waals surface area contributed by atoms with Crippen molar-refractivity contribution in [2.75, 3.05) is 6.61 Å². The number of aliphatic hydroxyl groups is 1. The van der Waals surface area contributed by atoms with Crippen LogP contribution in [0, 0.1) is 0 Å². The molecule has 1 aromatic carbocycles. The maximum atomic E-state index is 10.5. The van der Waals surface area contributed by atoms with Crippen LogP contribution in [0.2, 0.25) is 0 Å². The molecule has 1 aliphatic carbocycles. The van der Waals surface area contributed by atoms with Crippen LogP contribution < -0.4 is 4.74 Å². The Labute approximate surface area is 108 Å². The van der Waals surface area contributed by atoms with E-state index in [0.29, 0.717) is 6.10 Å². The summed E-state index contributed by atoms with van der Waals surface area (Å²) in [5.41, 5.74) is 0.440. The van der Waals surface area contributed by atoms with Gasteiger partial charge in [-0.25, -0.2) is 0 Å². The summed E-state index contributed by atoms with van der Waals surface area (Å²) >= 11 is 0. The van der Waals surface area contributed by atoms with Gasteiger partial charge in [0.2, 0.25) is 0 Å². The molecule has 1 saturated heterocycles. The summed E-state index contributed by atoms with van der Waals surface area (Å²) in [6.45, 7) is 2.73. The van der Waals surface area contributed by atoms with Gasteiger partial charge >= 0.3 is 0 Å². The first-order valence-corrected chi connectivity index (χ1v) is 6.76. The van der Waals surface area contributed by atoms with E-state index in [1.165, 1.54) is 0 Å². The summed E-state index contributed by atoms with van der Waals surface area (Å²) in [4.78, 5) is 0. The Kier molecular flexibility index (Phi) is 3.04. The van der Waals surface area contributed by atoms with Crippen molar-refractivity contribution in [2.45, 2.75) is 50.4 Å². The van der Waals surface area contributed by atoms with Crippen LogP contribution in [0.5, 0.6) is 5.75 Å². The zero-order valence-electron chi connectivity index (χ0n) is 10.8. The number of ether oxygens (including phenoxy) is 2. The Morgan fingerprint density at radius 2 is 2.28 bits per heavy atom. The van der Waals surface area contributed by atoms with Crippen molar-refractivity contribution in [2.24, 2.45) is 0 Å². The molecule has 2 aliphatic rings. The minimum Gasteiger partial charge on any atom is -0.490 e. The van der Waals surface area contributed by atoms with Crippen LogP contribution in [0.25, 0.3) is 0 Å². The highest BCUT2D eigenvalue weighted by molar-refractivity contribution is 5.31. The quantitative estimate of drug-likeness (QED) is 0.890. The summed E-state index contributed by atoms with van der Waals surface area (Å²) in [6, 6.07) is 7.77. The van der Waals surface area contributed by atoms with Gasteiger partial charge in [0.1, 0.15) is 11.9 Å². The Bertz CT molecular complexity index is 420. The zero-order chi connectivity index (χ0) is 12.6. The second-order valence-electron chi connectivity index (χ2n) is 5.56. The van der Waals surface area contributed by atoms with Gasteiger partial charge in [-0.2, -0.15) is 0 Å². The number of benzene rings is 1. The topological polar surface area (TPSA) is 38.7 Å². The summed E-state index contributed by atoms with van der Waals surface area (Å²) in [6.07, 6.45) is 4.02. The molecule has 2 atom stereocenters. The summed E-state index contributed by atoms with van der Waals surface area (Å²) < 4.78 is 11.5. The second-order valence-corrected chi connectivity index (χ2v) is 5.56. The average Bonchev–Trinajstić information content (AvgIpc) is 3.08. The van der Waals surface area contributed by atoms with E-state index in [-0.39, 0.29) is 0 Å². The molecule has 0 aromatic heterocycles. The first kappa shape index (κ1) is 12.0. The van der Waals surface area contributed by atoms with Crippen molar-refractivity contribution >= 4 is 0 Å². The largest absolute Gasteiger partial charge is 0.490 e. The molecule has 2 unspecified atom stereocenters. The molecule has 3 heteroatoms. The predicted octanol–water partition coefficient (Wildman–Crippen LogP) is 2.83. The van der Waals surface area contributed by atoms with E-state index in [1.54, 1.807) is 0 Å². The summed E-state index contributed by atoms with van der Waals surface area (Å²) in [7, 11) is 0. The molecule has 0 spiro atoms. The highest BCUT2D eigenvalue weighted by Gasteiger charge is 2.38. The van der Waals surface area contributed by atoms with Gasteiger partial charge in [-0.05, 0) is 50.3 Å². The van der Waals surface area contributed by atoms with E-state index < -0.39 is 11.7 Å². The van der Waals surface area contributed by atoms with Gasteiger partial charge in [0.15, 0.2) is 0 Å². The SMILES string of the molecule is CC1(C(O)c2cccc(OC3CC3)c2)CCCO1. The minimum absolute atomic E-state index is 0.385. The molecule has 0 amide bonds. The first-order valence-electron chi connectivity index (χ1n) is 6.76. The molecule has 2 fully saturated rings. The Morgan fingerprint density at radius 1 is 1.44 bits per heavy atom. The highest BCUT2D eigenvalue weighted by atomic mass is 16.5. The molecule has 98 valence electrons. The maximum absolute atomic E-state index is 10.5. The van der Waals surface area contributed by atoms with Crippen LogP contribution in [0.1, 0.15) is 44.3 Å². The normalized spacial score (nSPS) is 29.2. The summed E-state index contributed by atoms with van der Waals surface area (Å²) in [5, 5.41) is 10.5. The smallest absolute Gasteiger partial charge is 0.120 e. The Balaban J connectivity index is 1.77. The van der Waals surface area contributed by atoms with Crippen LogP contribution in [0.15, 0.2) is 24.3 Å². The van der Waals surface area contributed by atoms with Crippen molar-refractivity contribution < 1.29 is 14.6 Å². The fraction of sp³-hybridized carbons (Fsp3) is 0.600. The third-order valence-electron chi connectivity index (χ3n) is 3.83. The molecule has 3 nitrogen and oxygen atoms in total. The second kappa shape index (κ2) is 4.56. The van der Waals surface area contributed by atoms with Gasteiger partial charge in [-0.3, -0.25) is 0 Å². The molecule has 1 N–H and O–H groups in total. The first-order chi connectivity index (χ1) is 8.67. The van der Waals surface area contributed by atoms with Crippen LogP contribution in [-0.2, 0) is 4.74 Å². The molecule has 0 bridgehead atoms. The van der Waals surface area contributed by atoms with Gasteiger partial charge in [-0.1, -0.05) is 12.1 Å². The van der Waals surface area contributed by atoms with E-state index >= 15 is 0 Å². The van der Waals surface area contributed by atoms with E-state index in [4.69, 9.17) is 9.47 Å². The van der Waals surface area contributed by atoms with E-state index in [9.17, 15) is 5.11 Å². The molecular weight excluding hydrogens is 228 g/mol. The predicted molar refractivity (Wildman–Crippen MR) is 68.6 cm³/mol. The average molecular weight is 248 g/mol. The van der Waals surface area contributed by atoms with Crippen molar-refractivity contribution in [3.05, 3.63) is 29.8 Å². The third-order valence-corrected chi connectivity index (χ3v) is 3.83. The van der Waals surface area contributed by atoms with Gasteiger partial charge < -0.3 is 14.6 Å². The Hall–Kier alpha value is -1.06. The maximum Gasteiger partial charge on any atom is 0.120 e. The fourth-order valence-electron chi connectivity index (χ4n) is 2.51. The number of hydrogen-bond acceptors (Lipinski definition) is 3. The van der Waals surface area contributed by atoms with Crippen molar-refractivity contribution in [3.8, 4) is 5.75 Å². The van der Waals surface area contributed by atoms with Gasteiger partial charge in [0.05, 0.1) is 11.7 Å². The van der Waals surface area contributed by atoms with Gasteiger partial charge in [0, 0.05) is 6.61 Å². The number of rotatable bonds is 4. The van der Waals surface area contributed by atoms with Crippen LogP contribution in [-0.4, -0.2) is 23.4 Å². The molecular formula is C15H20O3. The third kappa shape index (κ3) is 2.38. The van der Waals surface area contributed by atoms with Crippen LogP contribution in [0.4, 0.5) is 0 Å². The molecule has 0 radical (unpaired) electrons. The molecule has 1 saturated carbocycles. The fourth-order valence-corrected chi connectivity index (χ4v) is 2.51. The number of hydrogen-bond donors (Lipinski definition) is 1. The standard InChI is InChI=1S/C15H20O3/c1-15(8-3-9-17-15)14(16)11-4-2-5-13(10-11)18-12-6-7-12/h2,4-5,10,12,14,16H,3,6-9H2,1H3. The molecule has 1 aliphatic heterocycles. The van der Waals surface area contributed by atoms with Crippen molar-refractivity contribution in [1.29, 1.82) is 0 Å². The van der Waals surface area contributed by atoms with Gasteiger partial charge in [0.25, 0.3) is 0 Å². The van der Waals surface area contributed by atoms with E-state index in [1.807, 2.05) is 31.2 Å². The highest BCUT2D eigenvalue weighted by Crippen LogP contribution is 2.38. The summed E-state index contributed by atoms with van der Waals surface area (Å²) in [5.74, 6) is 0.857. The van der Waals surface area contributed by atoms with Crippen LogP contribution >= 0.6 is 0 Å². The molecule has 1 aromatic rings. The molecule has 1 heterocycles. The lowest BCUT2D eigenvalue weighted by molar-refractivity contribution is -0.0796. The van der Waals surface area contributed by atoms with E-state index in [0.717, 1.165) is 43.6 Å². The van der Waals surface area contributed by atoms with Crippen LogP contribution in [0.3, 0.4) is 0 Å². The van der Waals surface area contributed by atoms with Crippen molar-refractivity contribution in [1.82, 2.24) is 0 Å². The molecule has 18 heavy (non-hydrogen) atoms. The minimum atomic E-state index is -0.581. The monoisotopic (exact) mass is 248 g/mol. The lowest BCUT2D eigenvalue weighted by atomic mass is 9.90.